The lowest BCUT2D eigenvalue weighted by Gasteiger charge is -2.16. The Hall–Kier alpha value is -0.870. The van der Waals surface area contributed by atoms with Crippen LogP contribution in [0.4, 0.5) is 0 Å². The summed E-state index contributed by atoms with van der Waals surface area (Å²) in [5.74, 6) is -0.882. The lowest BCUT2D eigenvalue weighted by Crippen LogP contribution is -2.22. The third-order valence-corrected chi connectivity index (χ3v) is 1.78. The number of nitrogens with zero attached hydrogens (tertiary/aromatic N) is 1. The van der Waals surface area contributed by atoms with Gasteiger partial charge in [0.25, 0.3) is 0 Å². The second-order valence-corrected chi connectivity index (χ2v) is 3.41. The average Bonchev–Trinajstić information content (AvgIpc) is 2.02. The summed E-state index contributed by atoms with van der Waals surface area (Å²) in [6.07, 6.45) is 2.21. The van der Waals surface area contributed by atoms with Crippen molar-refractivity contribution in [3.8, 4) is 0 Å². The molecule has 0 aromatic carbocycles. The molecule has 0 aliphatic rings. The molecule has 1 N–H and O–H groups in total. The molecule has 0 radical (unpaired) electrons. The van der Waals surface area contributed by atoms with E-state index in [4.69, 9.17) is 9.84 Å². The molecule has 0 aliphatic carbocycles. The molecule has 4 heteroatoms. The van der Waals surface area contributed by atoms with Crippen molar-refractivity contribution in [2.75, 3.05) is 33.9 Å². The van der Waals surface area contributed by atoms with E-state index in [0.717, 1.165) is 25.1 Å². The van der Waals surface area contributed by atoms with E-state index in [0.29, 0.717) is 6.54 Å². The summed E-state index contributed by atoms with van der Waals surface area (Å²) in [6, 6.07) is 0. The highest BCUT2D eigenvalue weighted by Crippen LogP contribution is 1.97. The Morgan fingerprint density at radius 2 is 2.21 bits per heavy atom. The predicted octanol–water partition coefficient (Wildman–Crippen LogP) is 0.986. The summed E-state index contributed by atoms with van der Waals surface area (Å²) < 4.78 is 4.93. The second-order valence-electron chi connectivity index (χ2n) is 3.41. The number of carboxylic acid groups (broad SMARTS) is 1. The zero-order valence-electron chi connectivity index (χ0n) is 9.12. The Kier molecular flexibility index (Phi) is 7.06. The molecule has 4 nitrogen and oxygen atoms in total. The number of hydrogen-bond acceptors (Lipinski definition) is 3. The first kappa shape index (κ1) is 13.1. The number of methoxy groups -OCH3 is 1. The van der Waals surface area contributed by atoms with Crippen LogP contribution in [0.2, 0.25) is 0 Å². The monoisotopic (exact) mass is 201 g/mol. The van der Waals surface area contributed by atoms with Gasteiger partial charge in [0, 0.05) is 32.9 Å². The van der Waals surface area contributed by atoms with Crippen LogP contribution in [0.3, 0.4) is 0 Å². The summed E-state index contributed by atoms with van der Waals surface area (Å²) in [4.78, 5) is 12.4. The predicted molar refractivity (Wildman–Crippen MR) is 55.4 cm³/mol. The van der Waals surface area contributed by atoms with Crippen LogP contribution in [0.1, 0.15) is 13.3 Å². The second kappa shape index (κ2) is 7.53. The Morgan fingerprint density at radius 1 is 1.57 bits per heavy atom. The van der Waals surface area contributed by atoms with Crippen molar-refractivity contribution >= 4 is 5.97 Å². The molecule has 0 fully saturated rings. The van der Waals surface area contributed by atoms with Crippen LogP contribution in [0.25, 0.3) is 0 Å². The number of hydrogen-bond donors (Lipinski definition) is 1. The van der Waals surface area contributed by atoms with Crippen LogP contribution in [0.5, 0.6) is 0 Å². The molecule has 0 atom stereocenters. The number of aliphatic carboxylic acids is 1. The number of ether oxygens (including phenoxy) is 1. The SMILES string of the molecule is COCCCN(C)CC(C)=CC(=O)O. The number of rotatable bonds is 7. The molecule has 0 saturated carbocycles. The first-order valence-corrected chi connectivity index (χ1v) is 4.64. The van der Waals surface area contributed by atoms with E-state index in [1.807, 2.05) is 14.0 Å². The topological polar surface area (TPSA) is 49.8 Å². The molecule has 0 saturated heterocycles. The van der Waals surface area contributed by atoms with Gasteiger partial charge in [-0.25, -0.2) is 4.79 Å². The van der Waals surface area contributed by atoms with Crippen molar-refractivity contribution in [2.24, 2.45) is 0 Å². The maximum Gasteiger partial charge on any atom is 0.328 e. The van der Waals surface area contributed by atoms with E-state index in [-0.39, 0.29) is 0 Å². The summed E-state index contributed by atoms with van der Waals surface area (Å²) in [7, 11) is 3.64. The zero-order valence-corrected chi connectivity index (χ0v) is 9.12. The maximum absolute atomic E-state index is 10.3. The highest BCUT2D eigenvalue weighted by Gasteiger charge is 2.00. The first-order chi connectivity index (χ1) is 6.56. The first-order valence-electron chi connectivity index (χ1n) is 4.64. The van der Waals surface area contributed by atoms with Crippen molar-refractivity contribution in [3.05, 3.63) is 11.6 Å². The smallest absolute Gasteiger partial charge is 0.328 e. The van der Waals surface area contributed by atoms with Crippen LogP contribution >= 0.6 is 0 Å². The Labute approximate surface area is 85.2 Å². The fraction of sp³-hybridized carbons (Fsp3) is 0.700. The van der Waals surface area contributed by atoms with E-state index in [9.17, 15) is 4.79 Å². The van der Waals surface area contributed by atoms with Gasteiger partial charge in [-0.1, -0.05) is 5.57 Å². The number of likely N-dealkylation sites (N-methyl/N-ethyl adjacent to an activating group) is 1. The van der Waals surface area contributed by atoms with Crippen LogP contribution in [0.15, 0.2) is 11.6 Å². The molecular weight excluding hydrogens is 182 g/mol. The zero-order chi connectivity index (χ0) is 11.0. The Bertz CT molecular complexity index is 202. The summed E-state index contributed by atoms with van der Waals surface area (Å²) >= 11 is 0. The van der Waals surface area contributed by atoms with Crippen LogP contribution in [-0.2, 0) is 9.53 Å². The van der Waals surface area contributed by atoms with Crippen LogP contribution < -0.4 is 0 Å². The Morgan fingerprint density at radius 3 is 2.71 bits per heavy atom. The van der Waals surface area contributed by atoms with Crippen molar-refractivity contribution < 1.29 is 14.6 Å². The summed E-state index contributed by atoms with van der Waals surface area (Å²) in [5.41, 5.74) is 0.859. The standard InChI is InChI=1S/C10H19NO3/c1-9(7-10(12)13)8-11(2)5-4-6-14-3/h7H,4-6,8H2,1-3H3,(H,12,13). The molecule has 0 amide bonds. The van der Waals surface area contributed by atoms with Gasteiger partial charge in [0.15, 0.2) is 0 Å². The summed E-state index contributed by atoms with van der Waals surface area (Å²) in [6.45, 7) is 4.17. The van der Waals surface area contributed by atoms with Gasteiger partial charge in [-0.3, -0.25) is 0 Å². The number of carbonyl (C=O) groups is 1. The van der Waals surface area contributed by atoms with E-state index < -0.39 is 5.97 Å². The molecule has 82 valence electrons. The lowest BCUT2D eigenvalue weighted by molar-refractivity contribution is -0.131. The van der Waals surface area contributed by atoms with Crippen molar-refractivity contribution in [3.63, 3.8) is 0 Å². The van der Waals surface area contributed by atoms with Gasteiger partial charge in [0.05, 0.1) is 0 Å². The normalized spacial score (nSPS) is 12.1. The fourth-order valence-electron chi connectivity index (χ4n) is 1.24. The minimum absolute atomic E-state index is 0.690. The van der Waals surface area contributed by atoms with Gasteiger partial charge in [-0.05, 0) is 20.4 Å². The van der Waals surface area contributed by atoms with Gasteiger partial charge in [-0.2, -0.15) is 0 Å². The molecule has 0 aromatic heterocycles. The van der Waals surface area contributed by atoms with Gasteiger partial charge in [-0.15, -0.1) is 0 Å². The third-order valence-electron chi connectivity index (χ3n) is 1.78. The minimum Gasteiger partial charge on any atom is -0.478 e. The molecule has 0 spiro atoms. The molecule has 0 aromatic rings. The molecule has 0 bridgehead atoms. The van der Waals surface area contributed by atoms with Crippen molar-refractivity contribution in [1.82, 2.24) is 4.90 Å². The highest BCUT2D eigenvalue weighted by atomic mass is 16.5. The number of carboxylic acids is 1. The third kappa shape index (κ3) is 7.76. The lowest BCUT2D eigenvalue weighted by atomic mass is 10.2. The van der Waals surface area contributed by atoms with Crippen molar-refractivity contribution in [2.45, 2.75) is 13.3 Å². The quantitative estimate of drug-likeness (QED) is 0.493. The van der Waals surface area contributed by atoms with Gasteiger partial charge in [0.1, 0.15) is 0 Å². The molecule has 14 heavy (non-hydrogen) atoms. The minimum atomic E-state index is -0.882. The summed E-state index contributed by atoms with van der Waals surface area (Å²) in [5, 5.41) is 8.50. The Balaban J connectivity index is 3.70. The molecule has 0 rings (SSSR count). The molecule has 0 unspecified atom stereocenters. The average molecular weight is 201 g/mol. The van der Waals surface area contributed by atoms with Gasteiger partial charge >= 0.3 is 5.97 Å². The van der Waals surface area contributed by atoms with E-state index >= 15 is 0 Å². The molecule has 0 heterocycles. The van der Waals surface area contributed by atoms with Crippen LogP contribution in [-0.4, -0.2) is 49.8 Å². The van der Waals surface area contributed by atoms with Gasteiger partial charge in [0.2, 0.25) is 0 Å². The fourth-order valence-corrected chi connectivity index (χ4v) is 1.24. The molecule has 0 aliphatic heterocycles. The maximum atomic E-state index is 10.3. The largest absolute Gasteiger partial charge is 0.478 e. The van der Waals surface area contributed by atoms with E-state index in [2.05, 4.69) is 4.90 Å². The van der Waals surface area contributed by atoms with E-state index in [1.165, 1.54) is 6.08 Å². The van der Waals surface area contributed by atoms with Crippen LogP contribution in [0, 0.1) is 0 Å². The highest BCUT2D eigenvalue weighted by molar-refractivity contribution is 5.80. The van der Waals surface area contributed by atoms with Gasteiger partial charge < -0.3 is 14.7 Å². The van der Waals surface area contributed by atoms with Crippen molar-refractivity contribution in [1.29, 1.82) is 0 Å². The van der Waals surface area contributed by atoms with E-state index in [1.54, 1.807) is 7.11 Å². The molecular formula is C10H19NO3.